The summed E-state index contributed by atoms with van der Waals surface area (Å²) in [5, 5.41) is 33.2. The predicted octanol–water partition coefficient (Wildman–Crippen LogP) is 9.30. The van der Waals surface area contributed by atoms with E-state index in [0.29, 0.717) is 36.8 Å². The minimum Gasteiger partial charge on any atom is -0.460 e. The zero-order chi connectivity index (χ0) is 46.3. The van der Waals surface area contributed by atoms with Gasteiger partial charge in [-0.25, -0.2) is 4.79 Å². The minimum atomic E-state index is -1.29. The molecular formula is C52H85NO9. The van der Waals surface area contributed by atoms with Crippen molar-refractivity contribution in [3.05, 3.63) is 47.6 Å². The topological polar surface area (TPSA) is 151 Å². The van der Waals surface area contributed by atoms with Crippen LogP contribution in [0.5, 0.6) is 0 Å². The summed E-state index contributed by atoms with van der Waals surface area (Å²) in [5.41, 5.74) is 0.363. The van der Waals surface area contributed by atoms with Crippen molar-refractivity contribution in [2.45, 2.75) is 195 Å². The molecule has 0 radical (unpaired) electrons. The number of nitrogens with zero attached hydrogens (tertiary/aromatic N) is 1. The molecule has 1 unspecified atom stereocenters. The maximum atomic E-state index is 14.2. The molecule has 1 aliphatic carbocycles. The maximum absolute atomic E-state index is 14.2. The Bertz CT molecular complexity index is 1570. The van der Waals surface area contributed by atoms with Crippen LogP contribution in [-0.4, -0.2) is 93.4 Å². The van der Waals surface area contributed by atoms with Gasteiger partial charge in [0.2, 0.25) is 5.91 Å². The molecule has 3 N–H and O–H groups in total. The fourth-order valence-corrected chi connectivity index (χ4v) is 9.85. The second-order valence-corrected chi connectivity index (χ2v) is 20.3. The van der Waals surface area contributed by atoms with Crippen molar-refractivity contribution < 1.29 is 44.0 Å². The molecule has 1 amide bonds. The number of aliphatic hydroxyl groups excluding tert-OH is 2. The Labute approximate surface area is 375 Å². The van der Waals surface area contributed by atoms with Crippen molar-refractivity contribution >= 4 is 23.4 Å². The summed E-state index contributed by atoms with van der Waals surface area (Å²) in [6, 6.07) is -0.811. The van der Waals surface area contributed by atoms with Gasteiger partial charge >= 0.3 is 5.97 Å². The summed E-state index contributed by atoms with van der Waals surface area (Å²) in [7, 11) is 1.72. The van der Waals surface area contributed by atoms with E-state index in [1.54, 1.807) is 45.8 Å². The molecule has 0 aromatic heterocycles. The molecule has 0 bridgehead atoms. The lowest BCUT2D eigenvalue weighted by molar-refractivity contribution is -0.166. The fourth-order valence-electron chi connectivity index (χ4n) is 9.85. The molecule has 3 rings (SSSR count). The molecular weight excluding hydrogens is 783 g/mol. The molecule has 2 aliphatic heterocycles. The Morgan fingerprint density at radius 1 is 0.871 bits per heavy atom. The van der Waals surface area contributed by atoms with Gasteiger partial charge in [0.05, 0.1) is 30.3 Å². The minimum absolute atomic E-state index is 0.0263. The number of hydrogen-bond acceptors (Lipinski definition) is 9. The van der Waals surface area contributed by atoms with Crippen molar-refractivity contribution in [1.29, 1.82) is 0 Å². The lowest BCUT2D eigenvalue weighted by atomic mass is 9.79. The number of methoxy groups -OCH3 is 1. The van der Waals surface area contributed by atoms with E-state index >= 15 is 0 Å². The first-order valence-corrected chi connectivity index (χ1v) is 24.0. The first-order valence-electron chi connectivity index (χ1n) is 24.0. The molecule has 62 heavy (non-hydrogen) atoms. The predicted molar refractivity (Wildman–Crippen MR) is 247 cm³/mol. The monoisotopic (exact) mass is 868 g/mol. The molecule has 10 nitrogen and oxygen atoms in total. The van der Waals surface area contributed by atoms with E-state index in [0.717, 1.165) is 69.8 Å². The molecule has 2 fully saturated rings. The normalized spacial score (nSPS) is 39.2. The van der Waals surface area contributed by atoms with Gasteiger partial charge in [0.15, 0.2) is 0 Å². The van der Waals surface area contributed by atoms with Gasteiger partial charge < -0.3 is 29.7 Å². The number of carbonyl (C=O) groups excluding carboxylic acids is 4. The van der Waals surface area contributed by atoms with Gasteiger partial charge in [-0.2, -0.15) is 0 Å². The van der Waals surface area contributed by atoms with Crippen LogP contribution in [0, 0.1) is 47.3 Å². The first-order chi connectivity index (χ1) is 29.1. The van der Waals surface area contributed by atoms with E-state index in [1.807, 2.05) is 39.0 Å². The Kier molecular flexibility index (Phi) is 22.0. The van der Waals surface area contributed by atoms with Crippen LogP contribution in [0.15, 0.2) is 47.6 Å². The highest BCUT2D eigenvalue weighted by atomic mass is 16.5. The molecule has 10 heteroatoms. The summed E-state index contributed by atoms with van der Waals surface area (Å²) < 4.78 is 12.2. The number of carbonyl (C=O) groups is 4. The van der Waals surface area contributed by atoms with Gasteiger partial charge in [-0.15, -0.1) is 0 Å². The molecule has 2 heterocycles. The van der Waals surface area contributed by atoms with Crippen LogP contribution in [0.1, 0.15) is 159 Å². The Morgan fingerprint density at radius 2 is 1.55 bits per heavy atom. The second-order valence-electron chi connectivity index (χ2n) is 20.3. The summed E-state index contributed by atoms with van der Waals surface area (Å²) >= 11 is 0. The molecule has 0 spiro atoms. The van der Waals surface area contributed by atoms with Crippen LogP contribution in [0.3, 0.4) is 0 Å². The number of esters is 1. The number of hydrogen-bond donors (Lipinski definition) is 3. The van der Waals surface area contributed by atoms with Crippen LogP contribution in [0.4, 0.5) is 0 Å². The van der Waals surface area contributed by atoms with Crippen LogP contribution in [0.2, 0.25) is 0 Å². The standard InChI is InChI=1S/C52H85NO9/c1-33-17-13-12-14-18-35(3)46(61-11)28-34(2)20-21-40(8)52(10,60)32-48(56)53-26-16-15-19-44(53)51(59)62-47(37(5)30-42-22-24-43(54)25-23-42)31-45(55)36(4)29-39(7)50(58)41(9)49(57)38(6)27-33/h12-14,17-18,29,33-34,36-38,40-44,46-47,50,54,58,60H,15-16,19-28,30-32H2,1-11H3/b14-12+,17-13+,35-18?,39-29+/t33-,34+,36-,37-,38-,40-,41+,42?,43?,44?,46+,47+,50-,52-/m1/s1. The van der Waals surface area contributed by atoms with Crippen LogP contribution >= 0.6 is 0 Å². The van der Waals surface area contributed by atoms with E-state index in [1.165, 1.54) is 0 Å². The average Bonchev–Trinajstić information content (AvgIpc) is 3.23. The van der Waals surface area contributed by atoms with Crippen molar-refractivity contribution in [2.24, 2.45) is 47.3 Å². The molecule has 3 aliphatic rings. The second kappa shape index (κ2) is 25.5. The summed E-state index contributed by atoms with van der Waals surface area (Å²) in [6.45, 7) is 19.6. The third kappa shape index (κ3) is 16.6. The van der Waals surface area contributed by atoms with E-state index < -0.39 is 41.7 Å². The average molecular weight is 868 g/mol. The maximum Gasteiger partial charge on any atom is 0.329 e. The molecule has 0 aromatic carbocycles. The highest BCUT2D eigenvalue weighted by molar-refractivity contribution is 5.87. The lowest BCUT2D eigenvalue weighted by Gasteiger charge is -2.38. The molecule has 352 valence electrons. The molecule has 1 saturated carbocycles. The number of ketones is 2. The quantitative estimate of drug-likeness (QED) is 0.186. The van der Waals surface area contributed by atoms with Crippen LogP contribution in [0.25, 0.3) is 0 Å². The summed E-state index contributed by atoms with van der Waals surface area (Å²) in [5.74, 6) is -2.08. The molecule has 1 saturated heterocycles. The highest BCUT2D eigenvalue weighted by Gasteiger charge is 2.40. The smallest absolute Gasteiger partial charge is 0.329 e. The van der Waals surface area contributed by atoms with Crippen LogP contribution < -0.4 is 0 Å². The summed E-state index contributed by atoms with van der Waals surface area (Å²) in [4.78, 5) is 57.4. The highest BCUT2D eigenvalue weighted by Crippen LogP contribution is 2.34. The Hall–Kier alpha value is -2.92. The number of piperidine rings is 1. The number of Topliss-reactive ketones (excluding diaryl/α,β-unsaturated/α-hetero) is 2. The third-order valence-electron chi connectivity index (χ3n) is 14.6. The number of amides is 1. The Balaban J connectivity index is 1.93. The van der Waals surface area contributed by atoms with E-state index in [9.17, 15) is 34.5 Å². The van der Waals surface area contributed by atoms with Crippen LogP contribution in [-0.2, 0) is 28.7 Å². The largest absolute Gasteiger partial charge is 0.460 e. The summed E-state index contributed by atoms with van der Waals surface area (Å²) in [6.07, 6.45) is 18.4. The Morgan fingerprint density at radius 3 is 2.21 bits per heavy atom. The molecule has 12 atom stereocenters. The van der Waals surface area contributed by atoms with Crippen molar-refractivity contribution in [2.75, 3.05) is 13.7 Å². The number of rotatable bonds is 4. The zero-order valence-electron chi connectivity index (χ0n) is 40.3. The third-order valence-corrected chi connectivity index (χ3v) is 14.6. The molecule has 0 aromatic rings. The van der Waals surface area contributed by atoms with Gasteiger partial charge in [0, 0.05) is 37.8 Å². The number of allylic oxidation sites excluding steroid dienone is 6. The fraction of sp³-hybridized carbons (Fsp3) is 0.769. The first kappa shape index (κ1) is 53.4. The number of fused-ring (bicyclic) bond motifs is 1. The van der Waals surface area contributed by atoms with Gasteiger partial charge in [-0.3, -0.25) is 14.4 Å². The van der Waals surface area contributed by atoms with Gasteiger partial charge in [-0.1, -0.05) is 91.3 Å². The van der Waals surface area contributed by atoms with Crippen molar-refractivity contribution in [1.82, 2.24) is 4.90 Å². The van der Waals surface area contributed by atoms with Crippen molar-refractivity contribution in [3.8, 4) is 0 Å². The van der Waals surface area contributed by atoms with Gasteiger partial charge in [0.25, 0.3) is 0 Å². The SMILES string of the molecule is CO[C@H]1C[C@@H](C)CC[C@@H](C)[C@](C)(O)CC(=O)N2CCCCC2C(=O)O[C@H]([C@H](C)CC2CCC(O)CC2)CC(=O)[C@H](C)/C=C(\C)[C@@H](O)[C@@H](C)C(=O)[C@H](C)C[C@H](C)/C=C/C=C/C=C1C. The number of aliphatic hydroxyl groups is 3. The van der Waals surface area contributed by atoms with Gasteiger partial charge in [0.1, 0.15) is 23.7 Å². The number of ether oxygens (including phenoxy) is 2. The van der Waals surface area contributed by atoms with Crippen molar-refractivity contribution in [3.63, 3.8) is 0 Å². The zero-order valence-corrected chi connectivity index (χ0v) is 40.3. The van der Waals surface area contributed by atoms with E-state index in [4.69, 9.17) is 9.47 Å². The number of cyclic esters (lactones) is 1. The van der Waals surface area contributed by atoms with Gasteiger partial charge in [-0.05, 0) is 132 Å². The lowest BCUT2D eigenvalue weighted by Crippen LogP contribution is -2.52. The van der Waals surface area contributed by atoms with E-state index in [-0.39, 0.29) is 66.2 Å². The van der Waals surface area contributed by atoms with E-state index in [2.05, 4.69) is 32.9 Å².